The van der Waals surface area contributed by atoms with Crippen LogP contribution in [0.2, 0.25) is 0 Å². The van der Waals surface area contributed by atoms with Crippen molar-refractivity contribution in [2.75, 3.05) is 0 Å². The number of aromatic nitrogens is 1. The van der Waals surface area contributed by atoms with E-state index >= 15 is 0 Å². The molecule has 3 aliphatic carbocycles. The van der Waals surface area contributed by atoms with E-state index in [1.54, 1.807) is 0 Å². The van der Waals surface area contributed by atoms with Gasteiger partial charge < -0.3 is 0 Å². The average Bonchev–Trinajstić information content (AvgIpc) is 4.03. The van der Waals surface area contributed by atoms with Gasteiger partial charge in [-0.3, -0.25) is 4.98 Å². The molecule has 0 fully saturated rings. The van der Waals surface area contributed by atoms with E-state index in [4.69, 9.17) is 4.98 Å². The summed E-state index contributed by atoms with van der Waals surface area (Å²) in [5.41, 5.74) is 24.3. The summed E-state index contributed by atoms with van der Waals surface area (Å²) in [6.07, 6.45) is 2.10. The molecule has 0 saturated heterocycles. The molecule has 1 heterocycles. The van der Waals surface area contributed by atoms with Crippen LogP contribution in [0.3, 0.4) is 0 Å². The first kappa shape index (κ1) is 39.1. The van der Waals surface area contributed by atoms with Crippen LogP contribution in [-0.4, -0.2) is 4.98 Å². The summed E-state index contributed by atoms with van der Waals surface area (Å²) in [5.74, 6) is 0. The van der Waals surface area contributed by atoms with Crippen molar-refractivity contribution in [3.8, 4) is 66.9 Å². The van der Waals surface area contributed by atoms with Crippen molar-refractivity contribution >= 4 is 21.5 Å². The number of hydrogen-bond acceptors (Lipinski definition) is 1. The molecule has 12 aromatic rings. The van der Waals surface area contributed by atoms with Gasteiger partial charge in [0.25, 0.3) is 0 Å². The molecular weight excluding hydrogens is 843 g/mol. The van der Waals surface area contributed by atoms with Crippen molar-refractivity contribution in [3.63, 3.8) is 0 Å². The zero-order valence-corrected chi connectivity index (χ0v) is 38.3. The van der Waals surface area contributed by atoms with Gasteiger partial charge in [-0.15, -0.1) is 0 Å². The van der Waals surface area contributed by atoms with Crippen LogP contribution >= 0.6 is 0 Å². The predicted octanol–water partition coefficient (Wildman–Crippen LogP) is 17.1. The van der Waals surface area contributed by atoms with E-state index in [1.165, 1.54) is 116 Å². The topological polar surface area (TPSA) is 12.9 Å². The number of rotatable bonds is 5. The van der Waals surface area contributed by atoms with E-state index in [2.05, 4.69) is 261 Å². The molecule has 11 aromatic carbocycles. The van der Waals surface area contributed by atoms with Crippen molar-refractivity contribution < 1.29 is 0 Å². The standard InChI is InChI=1S/C69H43N/c1-3-19-47(20-4-1)68(48-21-5-2-6-22-48)59-31-15-11-25-51(59)53-39-36-45(42-63(53)68)66-55-27-7-9-29-57(55)67(58-30-10-8-28-56(58)66)46-37-40-65(70-43-46)44-35-38-54-52-26-14-18-34-62(52)69(64(54)41-44)60-32-16-12-23-49(60)50-24-13-17-33-61(50)69/h1-43H. The Labute approximate surface area is 407 Å². The van der Waals surface area contributed by atoms with Crippen LogP contribution in [0.5, 0.6) is 0 Å². The summed E-state index contributed by atoms with van der Waals surface area (Å²) in [4.78, 5) is 5.33. The van der Waals surface area contributed by atoms with Gasteiger partial charge in [-0.05, 0) is 134 Å². The number of pyridine rings is 1. The Kier molecular flexibility index (Phi) is 8.27. The molecule has 0 N–H and O–H groups in total. The van der Waals surface area contributed by atoms with Crippen LogP contribution < -0.4 is 0 Å². The Morgan fingerprint density at radius 1 is 0.243 bits per heavy atom. The molecule has 15 rings (SSSR count). The summed E-state index contributed by atoms with van der Waals surface area (Å²) in [6.45, 7) is 0. The van der Waals surface area contributed by atoms with Gasteiger partial charge in [-0.1, -0.05) is 237 Å². The molecule has 0 atom stereocenters. The number of fused-ring (bicyclic) bond motifs is 15. The first-order chi connectivity index (χ1) is 34.7. The van der Waals surface area contributed by atoms with Crippen molar-refractivity contribution in [1.29, 1.82) is 0 Å². The maximum atomic E-state index is 5.33. The minimum atomic E-state index is -0.487. The van der Waals surface area contributed by atoms with Gasteiger partial charge in [0.05, 0.1) is 16.5 Å². The second kappa shape index (κ2) is 14.8. The van der Waals surface area contributed by atoms with Crippen molar-refractivity contribution in [3.05, 3.63) is 305 Å². The number of hydrogen-bond donors (Lipinski definition) is 0. The van der Waals surface area contributed by atoms with Gasteiger partial charge in [-0.2, -0.15) is 0 Å². The highest BCUT2D eigenvalue weighted by Crippen LogP contribution is 2.63. The molecular formula is C69H43N. The van der Waals surface area contributed by atoms with Gasteiger partial charge in [0.15, 0.2) is 0 Å². The highest BCUT2D eigenvalue weighted by Gasteiger charge is 2.52. The fourth-order valence-corrected chi connectivity index (χ4v) is 13.3. The minimum absolute atomic E-state index is 0.401. The summed E-state index contributed by atoms with van der Waals surface area (Å²) in [6, 6.07) is 94.9. The van der Waals surface area contributed by atoms with E-state index in [9.17, 15) is 0 Å². The highest BCUT2D eigenvalue weighted by atomic mass is 14.7. The smallest absolute Gasteiger partial charge is 0.0725 e. The van der Waals surface area contributed by atoms with E-state index in [0.717, 1.165) is 16.8 Å². The SMILES string of the molecule is c1ccc(C2(c3ccccc3)c3ccccc3-c3ccc(-c4c5ccccc5c(-c5ccc(-c6ccc7c(c6)C6(c8ccccc8-c8ccccc86)c6ccccc6-7)nc5)c5ccccc45)cc32)cc1. The van der Waals surface area contributed by atoms with E-state index in [-0.39, 0.29) is 0 Å². The molecule has 1 spiro atoms. The van der Waals surface area contributed by atoms with Gasteiger partial charge in [0.1, 0.15) is 0 Å². The van der Waals surface area contributed by atoms with Gasteiger partial charge in [0.2, 0.25) is 0 Å². The van der Waals surface area contributed by atoms with Gasteiger partial charge in [0, 0.05) is 17.3 Å². The molecule has 0 aliphatic heterocycles. The Hall–Kier alpha value is -8.91. The molecule has 324 valence electrons. The molecule has 3 aliphatic rings. The quantitative estimate of drug-likeness (QED) is 0.157. The Morgan fingerprint density at radius 2 is 0.586 bits per heavy atom. The normalized spacial score (nSPS) is 13.9. The maximum absolute atomic E-state index is 5.33. The Morgan fingerprint density at radius 3 is 1.04 bits per heavy atom. The van der Waals surface area contributed by atoms with Crippen LogP contribution in [-0.2, 0) is 10.8 Å². The number of nitrogens with zero attached hydrogens (tertiary/aromatic N) is 1. The first-order valence-electron chi connectivity index (χ1n) is 24.4. The summed E-state index contributed by atoms with van der Waals surface area (Å²) < 4.78 is 0. The van der Waals surface area contributed by atoms with Crippen LogP contribution in [0.15, 0.2) is 261 Å². The first-order valence-corrected chi connectivity index (χ1v) is 24.4. The van der Waals surface area contributed by atoms with Gasteiger partial charge in [-0.25, -0.2) is 0 Å². The largest absolute Gasteiger partial charge is 0.256 e. The third-order valence-electron chi connectivity index (χ3n) is 16.0. The lowest BCUT2D eigenvalue weighted by Crippen LogP contribution is -2.28. The lowest BCUT2D eigenvalue weighted by atomic mass is 9.67. The van der Waals surface area contributed by atoms with Crippen LogP contribution in [0.1, 0.15) is 44.5 Å². The third-order valence-corrected chi connectivity index (χ3v) is 16.0. The molecule has 0 saturated carbocycles. The van der Waals surface area contributed by atoms with Crippen molar-refractivity contribution in [1.82, 2.24) is 4.98 Å². The maximum Gasteiger partial charge on any atom is 0.0725 e. The predicted molar refractivity (Wildman–Crippen MR) is 289 cm³/mol. The lowest BCUT2D eigenvalue weighted by Gasteiger charge is -2.34. The molecule has 0 amide bonds. The second-order valence-corrected chi connectivity index (χ2v) is 19.2. The average molecular weight is 886 g/mol. The summed E-state index contributed by atoms with van der Waals surface area (Å²) >= 11 is 0. The van der Waals surface area contributed by atoms with Crippen LogP contribution in [0, 0.1) is 0 Å². The van der Waals surface area contributed by atoms with Crippen molar-refractivity contribution in [2.24, 2.45) is 0 Å². The van der Waals surface area contributed by atoms with Gasteiger partial charge >= 0.3 is 0 Å². The summed E-state index contributed by atoms with van der Waals surface area (Å²) in [5, 5.41) is 4.87. The molecule has 1 nitrogen and oxygen atoms in total. The second-order valence-electron chi connectivity index (χ2n) is 19.2. The zero-order chi connectivity index (χ0) is 46.0. The van der Waals surface area contributed by atoms with Crippen molar-refractivity contribution in [2.45, 2.75) is 10.8 Å². The van der Waals surface area contributed by atoms with Crippen LogP contribution in [0.25, 0.3) is 88.4 Å². The summed E-state index contributed by atoms with van der Waals surface area (Å²) in [7, 11) is 0. The fourth-order valence-electron chi connectivity index (χ4n) is 13.3. The molecule has 1 heteroatoms. The molecule has 1 aromatic heterocycles. The Bertz CT molecular complexity index is 3950. The molecule has 0 bridgehead atoms. The zero-order valence-electron chi connectivity index (χ0n) is 38.3. The lowest BCUT2D eigenvalue weighted by molar-refractivity contribution is 0.769. The monoisotopic (exact) mass is 885 g/mol. The molecule has 0 radical (unpaired) electrons. The fraction of sp³-hybridized carbons (Fsp3) is 0.0290. The minimum Gasteiger partial charge on any atom is -0.256 e. The highest BCUT2D eigenvalue weighted by molar-refractivity contribution is 6.21. The third kappa shape index (κ3) is 5.13. The Balaban J connectivity index is 0.891. The van der Waals surface area contributed by atoms with Crippen LogP contribution in [0.4, 0.5) is 0 Å². The number of benzene rings is 11. The molecule has 70 heavy (non-hydrogen) atoms. The molecule has 0 unspecified atom stereocenters. The van der Waals surface area contributed by atoms with E-state index in [1.807, 2.05) is 0 Å². The van der Waals surface area contributed by atoms with E-state index < -0.39 is 10.8 Å². The van der Waals surface area contributed by atoms with E-state index in [0.29, 0.717) is 0 Å².